The summed E-state index contributed by atoms with van der Waals surface area (Å²) in [6.07, 6.45) is 11.2. The van der Waals surface area contributed by atoms with Gasteiger partial charge in [0.15, 0.2) is 0 Å². The van der Waals surface area contributed by atoms with E-state index in [1.165, 1.54) is 49.8 Å². The predicted molar refractivity (Wildman–Crippen MR) is 106 cm³/mol. The number of nitrogens with zero attached hydrogens (tertiary/aromatic N) is 1. The summed E-state index contributed by atoms with van der Waals surface area (Å²) in [7, 11) is 0. The van der Waals surface area contributed by atoms with Crippen LogP contribution in [0.4, 0.5) is 0 Å². The quantitative estimate of drug-likeness (QED) is 0.341. The highest BCUT2D eigenvalue weighted by Crippen LogP contribution is 2.38. The molecule has 0 radical (unpaired) electrons. The van der Waals surface area contributed by atoms with Gasteiger partial charge in [-0.25, -0.2) is 0 Å². The lowest BCUT2D eigenvalue weighted by atomic mass is 10.0. The maximum Gasteiger partial charge on any atom is 0.262 e. The third-order valence-electron chi connectivity index (χ3n) is 5.04. The molecule has 2 heterocycles. The molecule has 3 nitrogen and oxygen atoms in total. The summed E-state index contributed by atoms with van der Waals surface area (Å²) < 4.78 is 0. The minimum atomic E-state index is -0.0692. The van der Waals surface area contributed by atoms with Gasteiger partial charge in [0.2, 0.25) is 0 Å². The van der Waals surface area contributed by atoms with Crippen molar-refractivity contribution in [3.05, 3.63) is 20.9 Å². The van der Waals surface area contributed by atoms with Crippen LogP contribution in [-0.4, -0.2) is 23.3 Å². The summed E-state index contributed by atoms with van der Waals surface area (Å²) in [5.74, 6) is 0.157. The number of amides is 2. The molecule has 0 saturated carbocycles. The van der Waals surface area contributed by atoms with Gasteiger partial charge < -0.3 is 0 Å². The minimum absolute atomic E-state index is 0.0624. The van der Waals surface area contributed by atoms with Crippen LogP contribution in [0.25, 0.3) is 0 Å². The van der Waals surface area contributed by atoms with E-state index in [1.54, 1.807) is 11.3 Å². The van der Waals surface area contributed by atoms with Crippen LogP contribution in [-0.2, 0) is 0 Å². The zero-order valence-electron chi connectivity index (χ0n) is 16.3. The van der Waals surface area contributed by atoms with E-state index in [0.29, 0.717) is 17.7 Å². The lowest BCUT2D eigenvalue weighted by molar-refractivity contribution is 0.0650. The van der Waals surface area contributed by atoms with Gasteiger partial charge in [0.25, 0.3) is 11.8 Å². The Morgan fingerprint density at radius 2 is 1.36 bits per heavy atom. The van der Waals surface area contributed by atoms with Gasteiger partial charge in [-0.15, -0.1) is 11.3 Å². The highest BCUT2D eigenvalue weighted by Gasteiger charge is 2.40. The zero-order valence-corrected chi connectivity index (χ0v) is 17.1. The Morgan fingerprint density at radius 1 is 0.840 bits per heavy atom. The average Bonchev–Trinajstić information content (AvgIpc) is 3.04. The molecule has 0 spiro atoms. The van der Waals surface area contributed by atoms with Gasteiger partial charge in [-0.2, -0.15) is 0 Å². The number of unbranched alkanes of at least 4 members (excludes halogenated alkanes) is 8. The Hall–Kier alpha value is -1.16. The predicted octanol–water partition coefficient (Wildman–Crippen LogP) is 6.31. The van der Waals surface area contributed by atoms with Crippen LogP contribution in [0.5, 0.6) is 0 Å². The third kappa shape index (κ3) is 4.72. The van der Waals surface area contributed by atoms with E-state index in [-0.39, 0.29) is 17.7 Å². The molecule has 0 aromatic carbocycles. The summed E-state index contributed by atoms with van der Waals surface area (Å²) in [5, 5.41) is 0. The summed E-state index contributed by atoms with van der Waals surface area (Å²) in [6.45, 7) is 8.96. The van der Waals surface area contributed by atoms with E-state index < -0.39 is 0 Å². The number of thiophene rings is 1. The van der Waals surface area contributed by atoms with Crippen molar-refractivity contribution < 1.29 is 9.59 Å². The van der Waals surface area contributed by atoms with Crippen molar-refractivity contribution in [1.82, 2.24) is 4.90 Å². The molecular weight excluding hydrogens is 330 g/mol. The minimum Gasteiger partial charge on any atom is -0.274 e. The molecule has 0 fully saturated rings. The number of carbonyl (C=O) groups excluding carboxylic acids is 2. The molecule has 0 unspecified atom stereocenters. The van der Waals surface area contributed by atoms with Crippen molar-refractivity contribution in [2.45, 2.75) is 91.4 Å². The Morgan fingerprint density at radius 3 is 1.92 bits per heavy atom. The van der Waals surface area contributed by atoms with Crippen molar-refractivity contribution in [3.8, 4) is 0 Å². The van der Waals surface area contributed by atoms with Gasteiger partial charge in [0.1, 0.15) is 0 Å². The summed E-state index contributed by atoms with van der Waals surface area (Å²) in [6, 6.07) is 0. The number of carbonyl (C=O) groups is 2. The second-order valence-electron chi connectivity index (χ2n) is 7.52. The van der Waals surface area contributed by atoms with E-state index in [2.05, 4.69) is 20.8 Å². The Labute approximate surface area is 156 Å². The lowest BCUT2D eigenvalue weighted by Gasteiger charge is -2.15. The molecule has 2 amide bonds. The second kappa shape index (κ2) is 9.51. The first kappa shape index (κ1) is 20.2. The first-order chi connectivity index (χ1) is 12.0. The van der Waals surface area contributed by atoms with E-state index in [9.17, 15) is 9.59 Å². The number of imide groups is 1. The SMILES string of the molecule is CCCCCCCCCCCN1C(=O)c2c(C)sc(C(C)C)c2C1=O. The number of rotatable bonds is 11. The molecule has 0 bridgehead atoms. The summed E-state index contributed by atoms with van der Waals surface area (Å²) in [4.78, 5) is 28.9. The monoisotopic (exact) mass is 363 g/mol. The maximum atomic E-state index is 12.7. The van der Waals surface area contributed by atoms with E-state index in [4.69, 9.17) is 0 Å². The fourth-order valence-electron chi connectivity index (χ4n) is 3.59. The molecule has 1 aromatic rings. The first-order valence-corrected chi connectivity index (χ1v) is 10.8. The smallest absolute Gasteiger partial charge is 0.262 e. The number of fused-ring (bicyclic) bond motifs is 1. The Bertz CT molecular complexity index is 603. The lowest BCUT2D eigenvalue weighted by Crippen LogP contribution is -2.31. The molecule has 140 valence electrons. The van der Waals surface area contributed by atoms with Gasteiger partial charge in [-0.1, -0.05) is 72.1 Å². The average molecular weight is 364 g/mol. The largest absolute Gasteiger partial charge is 0.274 e. The highest BCUT2D eigenvalue weighted by molar-refractivity contribution is 7.13. The van der Waals surface area contributed by atoms with Gasteiger partial charge in [-0.05, 0) is 19.3 Å². The van der Waals surface area contributed by atoms with Crippen molar-refractivity contribution in [2.75, 3.05) is 6.54 Å². The standard InChI is InChI=1S/C21H33NO2S/c1-5-6-7-8-9-10-11-12-13-14-22-20(23)17-16(4)25-19(15(2)3)18(17)21(22)24/h15H,5-14H2,1-4H3. The fourth-order valence-corrected chi connectivity index (χ4v) is 4.74. The molecule has 1 aliphatic rings. The van der Waals surface area contributed by atoms with Crippen LogP contribution in [0.2, 0.25) is 0 Å². The molecule has 0 N–H and O–H groups in total. The molecule has 1 aliphatic heterocycles. The molecule has 4 heteroatoms. The van der Waals surface area contributed by atoms with Crippen LogP contribution < -0.4 is 0 Å². The van der Waals surface area contributed by atoms with Crippen LogP contribution in [0.15, 0.2) is 0 Å². The molecule has 25 heavy (non-hydrogen) atoms. The number of aryl methyl sites for hydroxylation is 1. The zero-order chi connectivity index (χ0) is 18.4. The van der Waals surface area contributed by atoms with Crippen molar-refractivity contribution in [1.29, 1.82) is 0 Å². The maximum absolute atomic E-state index is 12.7. The summed E-state index contributed by atoms with van der Waals surface area (Å²) >= 11 is 1.61. The van der Waals surface area contributed by atoms with Crippen LogP contribution in [0, 0.1) is 6.92 Å². The number of hydrogen-bond donors (Lipinski definition) is 0. The number of hydrogen-bond acceptors (Lipinski definition) is 3. The van der Waals surface area contributed by atoms with Gasteiger partial charge in [-0.3, -0.25) is 14.5 Å². The van der Waals surface area contributed by atoms with Crippen LogP contribution >= 0.6 is 11.3 Å². The van der Waals surface area contributed by atoms with E-state index in [1.807, 2.05) is 6.92 Å². The van der Waals surface area contributed by atoms with Crippen LogP contribution in [0.3, 0.4) is 0 Å². The fraction of sp³-hybridized carbons (Fsp3) is 0.714. The van der Waals surface area contributed by atoms with E-state index >= 15 is 0 Å². The molecular formula is C21H33NO2S. The molecule has 0 saturated heterocycles. The Kier molecular flexibility index (Phi) is 7.67. The highest BCUT2D eigenvalue weighted by atomic mass is 32.1. The normalized spacial score (nSPS) is 14.0. The van der Waals surface area contributed by atoms with Crippen molar-refractivity contribution >= 4 is 23.2 Å². The van der Waals surface area contributed by atoms with Gasteiger partial charge in [0, 0.05) is 16.3 Å². The van der Waals surface area contributed by atoms with Crippen LogP contribution in [0.1, 0.15) is 115 Å². The molecule has 0 aliphatic carbocycles. The first-order valence-electron chi connectivity index (χ1n) is 9.98. The van der Waals surface area contributed by atoms with Crippen molar-refractivity contribution in [2.24, 2.45) is 0 Å². The third-order valence-corrected chi connectivity index (χ3v) is 6.44. The van der Waals surface area contributed by atoms with Crippen molar-refractivity contribution in [3.63, 3.8) is 0 Å². The van der Waals surface area contributed by atoms with Gasteiger partial charge >= 0.3 is 0 Å². The summed E-state index contributed by atoms with van der Waals surface area (Å²) in [5.41, 5.74) is 1.37. The van der Waals surface area contributed by atoms with Gasteiger partial charge in [0.05, 0.1) is 11.1 Å². The van der Waals surface area contributed by atoms with E-state index in [0.717, 1.165) is 22.6 Å². The molecule has 0 atom stereocenters. The molecule has 2 rings (SSSR count). The topological polar surface area (TPSA) is 37.4 Å². The molecule has 1 aromatic heterocycles. The Balaban J connectivity index is 1.78. The second-order valence-corrected chi connectivity index (χ2v) is 8.77.